The molecule has 12 aromatic heterocycles. The Morgan fingerprint density at radius 2 is 0.524 bits per heavy atom. The van der Waals surface area contributed by atoms with Crippen molar-refractivity contribution in [3.8, 4) is 0 Å². The molecule has 0 bridgehead atoms. The van der Waals surface area contributed by atoms with Crippen LogP contribution in [0.5, 0.6) is 0 Å². The summed E-state index contributed by atoms with van der Waals surface area (Å²) >= 11 is 0. The van der Waals surface area contributed by atoms with Crippen LogP contribution < -0.4 is 96.8 Å². The first-order valence-corrected chi connectivity index (χ1v) is 48.9. The monoisotopic (exact) mass is 1980 g/mol. The third-order valence-electron chi connectivity index (χ3n) is 27.8. The fraction of sp³-hybridized carbons (Fsp3) is 0.333. The Kier molecular flexibility index (Phi) is 26.7. The van der Waals surface area contributed by atoms with Crippen molar-refractivity contribution in [1.29, 1.82) is 0 Å². The summed E-state index contributed by atoms with van der Waals surface area (Å²) in [5, 5.41) is 70.6. The number of aromatic nitrogens is 12. The van der Waals surface area contributed by atoms with Crippen LogP contribution in [0.25, 0.3) is 74.0 Å². The number of aliphatic hydroxyl groups is 6. The number of pyridine rings is 12. The lowest BCUT2D eigenvalue weighted by molar-refractivity contribution is 0.100. The van der Waals surface area contributed by atoms with Crippen LogP contribution in [0.1, 0.15) is 317 Å². The zero-order valence-electron chi connectivity index (χ0n) is 86.8. The molecule has 0 amide bonds. The molecule has 0 aliphatic heterocycles. The number of aliphatic hydroxyl groups excluding tert-OH is 6. The molecule has 0 spiro atoms. The standard InChI is InChI=1S/C21H24N2O3.C20H20N2O3.C20H22N2O3.C19H18N2O3.C19H20N2O3.C18H16N2O3/c1-11-9-13(3)22-17-15(11)19(25)16-12(2)10-14(24)23(18(16)20(17)26)8-7-21(4,5)6;1-10-8-12(3)21-17-15(10)19(24)16-11(2)9-14(23)22(18(16)20(17)25)7-6-13-4-5-13;1-10-7-12(3)21-16-14(10)18(24)15-11(2)8-13(23)22(9-20(4,5)6)17(15)19(16)25;1-9-6-11(3)20-16-14(9)18(23)15-10(2)7-13(22)21(8-12-4-5-12)17(15)19(16)24;1-9-7-11(3)20-15-13(9)17(23)14-10(2)8-12(22)21(19(4,5)6)16(14)18(15)24;1-8-6-10(3)19-15-13(8)17(22)14-9(2)7-12(21)20(11-4-5-11)16(14)18(15)23/h9-10,25H,3,7-8H2,1-2,4-6H3;8-9,13,24H,3-7H2,1-2H3;7-8,24H,3,9H2,1-2,4-6H3;6-7,12,23H,3-5,8H2,1-2H3;7-8,23H,3H2,1-2,4-6H3;6-7,11,22H,3-5H2,1-2H3. The Bertz CT molecular complexity index is 9210. The molecule has 9 aliphatic rings. The summed E-state index contributed by atoms with van der Waals surface area (Å²) in [4.78, 5) is 179. The Balaban J connectivity index is 0.000000126. The second-order valence-electron chi connectivity index (χ2n) is 43.5. The van der Waals surface area contributed by atoms with Crippen molar-refractivity contribution in [3.63, 3.8) is 0 Å². The molecule has 0 saturated heterocycles. The average Bonchev–Trinajstić information content (AvgIpc) is 1.56. The minimum absolute atomic E-state index is 0.00149. The van der Waals surface area contributed by atoms with Gasteiger partial charge in [-0.2, -0.15) is 0 Å². The first kappa shape index (κ1) is 104. The van der Waals surface area contributed by atoms with Crippen LogP contribution in [0.3, 0.4) is 0 Å². The summed E-state index contributed by atoms with van der Waals surface area (Å²) in [5.74, 6) is -0.865. The van der Waals surface area contributed by atoms with Crippen LogP contribution in [0.15, 0.2) is 102 Å². The SMILES string of the molecule is C=c1cc(C)c2c(n1)C(=O)c1c(c(C)cc(=O)n1C(C)(C)C)C=2O.C=c1cc(C)c2c(n1)C(=O)c1c(c(C)cc(=O)n1C1CC1)C=2O.C=c1cc(C)c2c(n1)C(=O)c1c(c(C)cc(=O)n1CC(C)(C)C)C=2O.C=c1cc(C)c2c(n1)C(=O)c1c(c(C)cc(=O)n1CC1CC1)C=2O.C=c1cc(C)c2c(n1)C(=O)c1c(c(C)cc(=O)n1CCC(C)(C)C)C=2O.C=c1cc(C)c2c(n1)C(=O)c1c(c(C)cc(=O)n1CCC1CC1)C=2O. The summed E-state index contributed by atoms with van der Waals surface area (Å²) in [7, 11) is 0. The molecule has 30 heteroatoms. The number of rotatable bonds is 9. The maximum atomic E-state index is 13.2. The van der Waals surface area contributed by atoms with Crippen molar-refractivity contribution in [3.05, 3.63) is 367 Å². The van der Waals surface area contributed by atoms with Crippen LogP contribution in [0.4, 0.5) is 0 Å². The summed E-state index contributed by atoms with van der Waals surface area (Å²) < 4.78 is 8.90. The molecule has 21 rings (SSSR count). The zero-order valence-corrected chi connectivity index (χ0v) is 86.8. The van der Waals surface area contributed by atoms with Gasteiger partial charge in [0.05, 0.1) is 32.1 Å². The maximum absolute atomic E-state index is 13.2. The smallest absolute Gasteiger partial charge is 0.251 e. The Labute approximate surface area is 844 Å². The minimum atomic E-state index is -0.612. The molecule has 6 N–H and O–H groups in total. The Hall–Kier alpha value is -16.1. The van der Waals surface area contributed by atoms with E-state index in [-0.39, 0.29) is 188 Å². The number of ketones is 6. The zero-order chi connectivity index (χ0) is 108. The van der Waals surface area contributed by atoms with E-state index in [2.05, 4.69) is 90.1 Å². The molecular weight excluding hydrogens is 1860 g/mol. The van der Waals surface area contributed by atoms with Crippen LogP contribution >= 0.6 is 0 Å². The third-order valence-corrected chi connectivity index (χ3v) is 27.8. The molecule has 756 valence electrons. The van der Waals surface area contributed by atoms with Crippen molar-refractivity contribution < 1.29 is 59.4 Å². The summed E-state index contributed by atoms with van der Waals surface area (Å²) in [6.07, 6.45) is 7.84. The highest BCUT2D eigenvalue weighted by Gasteiger charge is 2.42. The normalized spacial score (nSPS) is 14.8. The van der Waals surface area contributed by atoms with Crippen molar-refractivity contribution in [2.24, 2.45) is 22.7 Å². The van der Waals surface area contributed by atoms with E-state index >= 15 is 0 Å². The largest absolute Gasteiger partial charge is 0.507 e. The van der Waals surface area contributed by atoms with Crippen LogP contribution in [0.2, 0.25) is 0 Å². The van der Waals surface area contributed by atoms with E-state index in [0.717, 1.165) is 71.9 Å². The van der Waals surface area contributed by atoms with Gasteiger partial charge in [-0.05, 0) is 268 Å². The van der Waals surface area contributed by atoms with E-state index in [1.54, 1.807) is 84.9 Å². The minimum Gasteiger partial charge on any atom is -0.507 e. The van der Waals surface area contributed by atoms with Crippen molar-refractivity contribution in [2.75, 3.05) is 0 Å². The number of aryl methyl sites for hydroxylation is 12. The lowest BCUT2D eigenvalue weighted by Crippen LogP contribution is -2.43. The number of hydrogen-bond acceptors (Lipinski definition) is 24. The molecule has 12 heterocycles. The van der Waals surface area contributed by atoms with Gasteiger partial charge in [0.1, 0.15) is 103 Å². The van der Waals surface area contributed by atoms with Gasteiger partial charge in [0.15, 0.2) is 0 Å². The van der Waals surface area contributed by atoms with Gasteiger partial charge in [-0.3, -0.25) is 62.1 Å². The van der Waals surface area contributed by atoms with Gasteiger partial charge in [-0.25, -0.2) is 29.9 Å². The average molecular weight is 1980 g/mol. The lowest BCUT2D eigenvalue weighted by atomic mass is 9.90. The van der Waals surface area contributed by atoms with Gasteiger partial charge in [0, 0.05) is 139 Å². The first-order valence-electron chi connectivity index (χ1n) is 48.9. The third kappa shape index (κ3) is 18.9. The molecular formula is C117H120N12O18. The van der Waals surface area contributed by atoms with Crippen molar-refractivity contribution in [2.45, 2.75) is 235 Å². The lowest BCUT2D eigenvalue weighted by Gasteiger charge is -2.29. The number of carbonyl (C=O) groups is 6. The molecule has 30 nitrogen and oxygen atoms in total. The molecule has 0 radical (unpaired) electrons. The highest BCUT2D eigenvalue weighted by molar-refractivity contribution is 6.16. The van der Waals surface area contributed by atoms with Crippen molar-refractivity contribution >= 4 is 109 Å². The summed E-state index contributed by atoms with van der Waals surface area (Å²) in [6, 6.07) is 19.3. The quantitative estimate of drug-likeness (QED) is 0.0797. The molecule has 147 heavy (non-hydrogen) atoms. The van der Waals surface area contributed by atoms with E-state index < -0.39 is 5.54 Å². The number of fused-ring (bicyclic) bond motifs is 12. The molecule has 0 atom stereocenters. The van der Waals surface area contributed by atoms with Gasteiger partial charge in [-0.1, -0.05) is 93.9 Å². The fourth-order valence-electron chi connectivity index (χ4n) is 20.7. The fourth-order valence-corrected chi connectivity index (χ4v) is 20.7. The number of hydrogen-bond donors (Lipinski definition) is 6. The van der Waals surface area contributed by atoms with E-state index in [9.17, 15) is 88.2 Å². The van der Waals surface area contributed by atoms with Gasteiger partial charge >= 0.3 is 0 Å². The Morgan fingerprint density at radius 3 is 0.810 bits per heavy atom. The Morgan fingerprint density at radius 1 is 0.279 bits per heavy atom. The predicted molar refractivity (Wildman–Crippen MR) is 563 cm³/mol. The van der Waals surface area contributed by atoms with Crippen LogP contribution in [-0.4, -0.2) is 123 Å². The highest BCUT2D eigenvalue weighted by atomic mass is 16.3. The number of carbonyl (C=O) groups excluding carboxylic acids is 6. The van der Waals surface area contributed by atoms with Crippen LogP contribution in [0, 0.1) is 106 Å². The summed E-state index contributed by atoms with van der Waals surface area (Å²) in [6.45, 7) is 63.6. The second kappa shape index (κ2) is 37.8. The predicted octanol–water partition coefficient (Wildman–Crippen LogP) is 7.96. The van der Waals surface area contributed by atoms with E-state index in [1.165, 1.54) is 76.6 Å². The van der Waals surface area contributed by atoms with Gasteiger partial charge in [-0.15, -0.1) is 0 Å². The molecule has 3 saturated carbocycles. The van der Waals surface area contributed by atoms with Crippen molar-refractivity contribution in [1.82, 2.24) is 57.3 Å². The van der Waals surface area contributed by atoms with Gasteiger partial charge in [0.25, 0.3) is 33.4 Å². The van der Waals surface area contributed by atoms with Gasteiger partial charge in [0.2, 0.25) is 34.7 Å². The molecule has 0 aromatic carbocycles. The molecule has 3 fully saturated rings. The second-order valence-corrected chi connectivity index (χ2v) is 43.5. The van der Waals surface area contributed by atoms with Crippen LogP contribution in [-0.2, 0) is 31.7 Å². The van der Waals surface area contributed by atoms with Gasteiger partial charge < -0.3 is 53.5 Å². The summed E-state index contributed by atoms with van der Waals surface area (Å²) in [5.41, 5.74) is 10.9. The number of nitrogens with zero attached hydrogens (tertiary/aromatic N) is 12. The molecule has 12 aromatic rings. The van der Waals surface area contributed by atoms with E-state index in [4.69, 9.17) is 0 Å². The maximum Gasteiger partial charge on any atom is 0.251 e. The van der Waals surface area contributed by atoms with E-state index in [0.29, 0.717) is 168 Å². The highest BCUT2D eigenvalue weighted by Crippen LogP contribution is 2.40. The molecule has 9 aliphatic carbocycles. The molecule has 0 unspecified atom stereocenters. The topological polar surface area (TPSA) is 433 Å². The first-order chi connectivity index (χ1) is 68.7. The van der Waals surface area contributed by atoms with E-state index in [1.807, 2.05) is 76.2 Å².